The molecule has 0 unspecified atom stereocenters. The molecule has 0 aliphatic rings. The van der Waals surface area contributed by atoms with Gasteiger partial charge in [-0.25, -0.2) is 0 Å². The van der Waals surface area contributed by atoms with Crippen molar-refractivity contribution in [1.29, 1.82) is 0 Å². The Hall–Kier alpha value is -1.08. The van der Waals surface area contributed by atoms with Crippen LogP contribution < -0.4 is 5.32 Å². The molecular formula is C13H13ClIN3O. The number of amides is 1. The van der Waals surface area contributed by atoms with Crippen molar-refractivity contribution in [2.24, 2.45) is 7.05 Å². The van der Waals surface area contributed by atoms with Gasteiger partial charge >= 0.3 is 0 Å². The van der Waals surface area contributed by atoms with Gasteiger partial charge in [-0.15, -0.1) is 0 Å². The molecule has 0 spiro atoms. The number of hydrogen-bond acceptors (Lipinski definition) is 2. The van der Waals surface area contributed by atoms with Crippen LogP contribution in [-0.4, -0.2) is 22.2 Å². The van der Waals surface area contributed by atoms with Gasteiger partial charge in [0.15, 0.2) is 0 Å². The van der Waals surface area contributed by atoms with Crippen molar-refractivity contribution in [2.45, 2.75) is 6.42 Å². The Kier molecular flexibility index (Phi) is 4.81. The van der Waals surface area contributed by atoms with E-state index in [-0.39, 0.29) is 5.91 Å². The third-order valence-corrected chi connectivity index (χ3v) is 4.21. The maximum absolute atomic E-state index is 11.9. The summed E-state index contributed by atoms with van der Waals surface area (Å²) in [7, 11) is 1.87. The van der Waals surface area contributed by atoms with Gasteiger partial charge in [0.05, 0.1) is 11.2 Å². The van der Waals surface area contributed by atoms with Crippen LogP contribution in [0.15, 0.2) is 30.6 Å². The van der Waals surface area contributed by atoms with Crippen molar-refractivity contribution in [3.05, 3.63) is 50.3 Å². The van der Waals surface area contributed by atoms with Gasteiger partial charge in [-0.3, -0.25) is 9.48 Å². The van der Waals surface area contributed by atoms with Crippen molar-refractivity contribution >= 4 is 40.1 Å². The van der Waals surface area contributed by atoms with Crippen molar-refractivity contribution in [1.82, 2.24) is 15.1 Å². The predicted octanol–water partition coefficient (Wildman–Crippen LogP) is 2.65. The summed E-state index contributed by atoms with van der Waals surface area (Å²) >= 11 is 8.12. The maximum Gasteiger partial charge on any atom is 0.251 e. The molecule has 0 aliphatic carbocycles. The number of carbonyl (C=O) groups is 1. The number of hydrogen-bond donors (Lipinski definition) is 1. The quantitative estimate of drug-likeness (QED) is 0.817. The Bertz CT molecular complexity index is 597. The fraction of sp³-hybridized carbons (Fsp3) is 0.231. The third-order valence-electron chi connectivity index (χ3n) is 2.64. The van der Waals surface area contributed by atoms with E-state index in [0.29, 0.717) is 17.1 Å². The lowest BCUT2D eigenvalue weighted by molar-refractivity contribution is 0.0954. The molecule has 100 valence electrons. The SMILES string of the molecule is Cn1cc(CCNC(=O)c2ccc(I)c(Cl)c2)cn1. The van der Waals surface area contributed by atoms with Crippen LogP contribution in [0.4, 0.5) is 0 Å². The molecule has 1 heterocycles. The van der Waals surface area contributed by atoms with E-state index in [0.717, 1.165) is 15.6 Å². The molecule has 6 heteroatoms. The Labute approximate surface area is 130 Å². The standard InChI is InChI=1S/C13H13ClIN3O/c1-18-8-9(7-17-18)4-5-16-13(19)10-2-3-12(15)11(14)6-10/h2-3,6-8H,4-5H2,1H3,(H,16,19). The zero-order valence-corrected chi connectivity index (χ0v) is 13.3. The van der Waals surface area contributed by atoms with E-state index in [4.69, 9.17) is 11.6 Å². The lowest BCUT2D eigenvalue weighted by atomic mass is 10.2. The number of rotatable bonds is 4. The second kappa shape index (κ2) is 6.38. The van der Waals surface area contributed by atoms with E-state index in [1.807, 2.05) is 19.3 Å². The highest BCUT2D eigenvalue weighted by Gasteiger charge is 2.07. The minimum atomic E-state index is -0.109. The molecule has 1 aromatic carbocycles. The lowest BCUT2D eigenvalue weighted by Gasteiger charge is -2.05. The molecule has 1 N–H and O–H groups in total. The van der Waals surface area contributed by atoms with Gasteiger partial charge in [0.25, 0.3) is 5.91 Å². The zero-order valence-electron chi connectivity index (χ0n) is 10.4. The molecule has 0 saturated heterocycles. The molecule has 2 rings (SSSR count). The Morgan fingerprint density at radius 3 is 2.95 bits per heavy atom. The van der Waals surface area contributed by atoms with Crippen LogP contribution in [0.3, 0.4) is 0 Å². The molecule has 0 aliphatic heterocycles. The first-order chi connectivity index (χ1) is 9.06. The molecule has 0 saturated carbocycles. The molecule has 1 amide bonds. The van der Waals surface area contributed by atoms with E-state index in [1.54, 1.807) is 23.0 Å². The van der Waals surface area contributed by atoms with Gasteiger partial charge in [0.1, 0.15) is 0 Å². The molecule has 4 nitrogen and oxygen atoms in total. The molecule has 1 aromatic heterocycles. The average molecular weight is 390 g/mol. The first kappa shape index (κ1) is 14.3. The minimum Gasteiger partial charge on any atom is -0.352 e. The maximum atomic E-state index is 11.9. The first-order valence-corrected chi connectivity index (χ1v) is 7.22. The monoisotopic (exact) mass is 389 g/mol. The molecule has 19 heavy (non-hydrogen) atoms. The normalized spacial score (nSPS) is 10.5. The largest absolute Gasteiger partial charge is 0.352 e. The fourth-order valence-electron chi connectivity index (χ4n) is 1.66. The lowest BCUT2D eigenvalue weighted by Crippen LogP contribution is -2.25. The summed E-state index contributed by atoms with van der Waals surface area (Å²) in [5, 5.41) is 7.54. The second-order valence-electron chi connectivity index (χ2n) is 4.16. The molecule has 0 radical (unpaired) electrons. The first-order valence-electron chi connectivity index (χ1n) is 5.77. The third kappa shape index (κ3) is 3.94. The van der Waals surface area contributed by atoms with Crippen molar-refractivity contribution < 1.29 is 4.79 Å². The molecule has 0 fully saturated rings. The van der Waals surface area contributed by atoms with E-state index in [2.05, 4.69) is 33.0 Å². The molecule has 0 bridgehead atoms. The average Bonchev–Trinajstić information content (AvgIpc) is 2.78. The number of nitrogens with zero attached hydrogens (tertiary/aromatic N) is 2. The van der Waals surface area contributed by atoms with Crippen molar-refractivity contribution in [2.75, 3.05) is 6.54 Å². The van der Waals surface area contributed by atoms with Gasteiger partial charge in [-0.05, 0) is 52.8 Å². The number of aryl methyl sites for hydroxylation is 1. The topological polar surface area (TPSA) is 46.9 Å². The zero-order chi connectivity index (χ0) is 13.8. The van der Waals surface area contributed by atoms with Crippen LogP contribution in [0, 0.1) is 3.57 Å². The highest BCUT2D eigenvalue weighted by atomic mass is 127. The highest BCUT2D eigenvalue weighted by molar-refractivity contribution is 14.1. The van der Waals surface area contributed by atoms with Crippen LogP contribution in [0.1, 0.15) is 15.9 Å². The molecule has 2 aromatic rings. The summed E-state index contributed by atoms with van der Waals surface area (Å²) in [4.78, 5) is 11.9. The summed E-state index contributed by atoms with van der Waals surface area (Å²) in [6.45, 7) is 0.578. The van der Waals surface area contributed by atoms with Crippen LogP contribution in [0.25, 0.3) is 0 Å². The van der Waals surface area contributed by atoms with E-state index in [1.165, 1.54) is 0 Å². The van der Waals surface area contributed by atoms with Gasteiger partial charge < -0.3 is 5.32 Å². The van der Waals surface area contributed by atoms with E-state index in [9.17, 15) is 4.79 Å². The summed E-state index contributed by atoms with van der Waals surface area (Å²) in [6, 6.07) is 5.29. The minimum absolute atomic E-state index is 0.109. The van der Waals surface area contributed by atoms with Crippen molar-refractivity contribution in [3.63, 3.8) is 0 Å². The van der Waals surface area contributed by atoms with E-state index < -0.39 is 0 Å². The van der Waals surface area contributed by atoms with E-state index >= 15 is 0 Å². The summed E-state index contributed by atoms with van der Waals surface area (Å²) in [5.74, 6) is -0.109. The Balaban J connectivity index is 1.89. The second-order valence-corrected chi connectivity index (χ2v) is 5.73. The number of carbonyl (C=O) groups excluding carboxylic acids is 1. The van der Waals surface area contributed by atoms with Gasteiger partial charge in [0, 0.05) is 28.9 Å². The number of benzene rings is 1. The Morgan fingerprint density at radius 2 is 2.32 bits per heavy atom. The van der Waals surface area contributed by atoms with Gasteiger partial charge in [-0.1, -0.05) is 11.6 Å². The number of nitrogens with one attached hydrogen (secondary N) is 1. The van der Waals surface area contributed by atoms with Crippen LogP contribution in [0.2, 0.25) is 5.02 Å². The van der Waals surface area contributed by atoms with Gasteiger partial charge in [-0.2, -0.15) is 5.10 Å². The van der Waals surface area contributed by atoms with Crippen molar-refractivity contribution in [3.8, 4) is 0 Å². The van der Waals surface area contributed by atoms with Crippen LogP contribution in [-0.2, 0) is 13.5 Å². The smallest absolute Gasteiger partial charge is 0.251 e. The Morgan fingerprint density at radius 1 is 1.53 bits per heavy atom. The number of aromatic nitrogens is 2. The number of halogens is 2. The summed E-state index contributed by atoms with van der Waals surface area (Å²) < 4.78 is 2.68. The molecular weight excluding hydrogens is 377 g/mol. The predicted molar refractivity (Wildman–Crippen MR) is 83.4 cm³/mol. The summed E-state index contributed by atoms with van der Waals surface area (Å²) in [6.07, 6.45) is 4.50. The van der Waals surface area contributed by atoms with Crippen LogP contribution in [0.5, 0.6) is 0 Å². The summed E-state index contributed by atoms with van der Waals surface area (Å²) in [5.41, 5.74) is 1.68. The van der Waals surface area contributed by atoms with Crippen LogP contribution >= 0.6 is 34.2 Å². The van der Waals surface area contributed by atoms with Gasteiger partial charge in [0.2, 0.25) is 0 Å². The molecule has 0 atom stereocenters. The fourth-order valence-corrected chi connectivity index (χ4v) is 2.18. The highest BCUT2D eigenvalue weighted by Crippen LogP contribution is 2.19.